The van der Waals surface area contributed by atoms with Crippen LogP contribution in [0.5, 0.6) is 0 Å². The molecule has 7 heteroatoms. The third kappa shape index (κ3) is 5.70. The maximum Gasteiger partial charge on any atom is 0.172 e. The van der Waals surface area contributed by atoms with E-state index >= 15 is 0 Å². The van der Waals surface area contributed by atoms with Gasteiger partial charge in [-0.1, -0.05) is 59.6 Å². The highest BCUT2D eigenvalue weighted by molar-refractivity contribution is 7.80. The Kier molecular flexibility index (Phi) is 6.72. The second-order valence-electron chi connectivity index (χ2n) is 6.19. The SMILES string of the molecule is Cc1cc(NC(=S)NCCc2ccccc2)nn1Cc1ccc(Cl)c(Cl)c1. The maximum atomic E-state index is 6.09. The zero-order valence-electron chi connectivity index (χ0n) is 14.9. The van der Waals surface area contributed by atoms with E-state index in [0.717, 1.165) is 24.2 Å². The summed E-state index contributed by atoms with van der Waals surface area (Å²) in [6.45, 7) is 3.37. The molecule has 140 valence electrons. The first-order valence-corrected chi connectivity index (χ1v) is 9.75. The van der Waals surface area contributed by atoms with Crippen LogP contribution in [-0.2, 0) is 13.0 Å². The number of aryl methyl sites for hydroxylation is 1. The maximum absolute atomic E-state index is 6.09. The van der Waals surface area contributed by atoms with E-state index in [1.165, 1.54) is 5.56 Å². The molecular weight excluding hydrogens is 399 g/mol. The smallest absolute Gasteiger partial charge is 0.172 e. The monoisotopic (exact) mass is 418 g/mol. The van der Waals surface area contributed by atoms with Crippen LogP contribution in [0, 0.1) is 6.92 Å². The third-order valence-electron chi connectivity index (χ3n) is 4.08. The standard InChI is InChI=1S/C20H20Cl2N4S/c1-14-11-19(24-20(27)23-10-9-15-5-3-2-4-6-15)25-26(14)13-16-7-8-17(21)18(22)12-16/h2-8,11-12H,9-10,13H2,1H3,(H2,23,24,25,27). The molecule has 0 aliphatic heterocycles. The fourth-order valence-electron chi connectivity index (χ4n) is 2.67. The summed E-state index contributed by atoms with van der Waals surface area (Å²) < 4.78 is 1.90. The lowest BCUT2D eigenvalue weighted by Crippen LogP contribution is -2.30. The molecule has 1 aromatic heterocycles. The molecule has 0 unspecified atom stereocenters. The summed E-state index contributed by atoms with van der Waals surface area (Å²) >= 11 is 17.4. The van der Waals surface area contributed by atoms with Crippen LogP contribution < -0.4 is 10.6 Å². The molecule has 0 amide bonds. The lowest BCUT2D eigenvalue weighted by Gasteiger charge is -2.09. The van der Waals surface area contributed by atoms with Gasteiger partial charge < -0.3 is 10.6 Å². The van der Waals surface area contributed by atoms with Gasteiger partial charge in [-0.05, 0) is 48.8 Å². The van der Waals surface area contributed by atoms with Gasteiger partial charge in [-0.25, -0.2) is 0 Å². The molecule has 0 radical (unpaired) electrons. The zero-order chi connectivity index (χ0) is 19.2. The van der Waals surface area contributed by atoms with Crippen LogP contribution in [0.1, 0.15) is 16.8 Å². The molecule has 0 fully saturated rings. The predicted octanol–water partition coefficient (Wildman–Crippen LogP) is 5.08. The number of thiocarbonyl (C=S) groups is 1. The van der Waals surface area contributed by atoms with Crippen LogP contribution in [0.2, 0.25) is 10.0 Å². The largest absolute Gasteiger partial charge is 0.362 e. The van der Waals surface area contributed by atoms with Crippen molar-refractivity contribution in [3.8, 4) is 0 Å². The van der Waals surface area contributed by atoms with Crippen LogP contribution in [0.15, 0.2) is 54.6 Å². The highest BCUT2D eigenvalue weighted by Gasteiger charge is 2.08. The second kappa shape index (κ2) is 9.22. The van der Waals surface area contributed by atoms with Crippen LogP contribution in [0.3, 0.4) is 0 Å². The molecule has 1 heterocycles. The Balaban J connectivity index is 1.54. The van der Waals surface area contributed by atoms with E-state index in [1.807, 2.05) is 48.0 Å². The molecule has 0 spiro atoms. The van der Waals surface area contributed by atoms with Gasteiger partial charge in [0.05, 0.1) is 16.6 Å². The summed E-state index contributed by atoms with van der Waals surface area (Å²) in [5, 5.41) is 12.6. The van der Waals surface area contributed by atoms with Gasteiger partial charge in [0.25, 0.3) is 0 Å². The van der Waals surface area contributed by atoms with Crippen molar-refractivity contribution in [2.75, 3.05) is 11.9 Å². The van der Waals surface area contributed by atoms with Gasteiger partial charge in [-0.15, -0.1) is 0 Å². The minimum absolute atomic E-state index is 0.543. The van der Waals surface area contributed by atoms with E-state index in [9.17, 15) is 0 Å². The molecule has 0 atom stereocenters. The van der Waals surface area contributed by atoms with Crippen LogP contribution >= 0.6 is 35.4 Å². The van der Waals surface area contributed by atoms with E-state index < -0.39 is 0 Å². The van der Waals surface area contributed by atoms with Crippen molar-refractivity contribution in [2.45, 2.75) is 19.9 Å². The molecule has 3 rings (SSSR count). The second-order valence-corrected chi connectivity index (χ2v) is 7.42. The fraction of sp³-hybridized carbons (Fsp3) is 0.200. The topological polar surface area (TPSA) is 41.9 Å². The Hall–Kier alpha value is -2.08. The Labute approximate surface area is 174 Å². The molecular formula is C20H20Cl2N4S. The quantitative estimate of drug-likeness (QED) is 0.547. The number of benzene rings is 2. The third-order valence-corrected chi connectivity index (χ3v) is 5.07. The predicted molar refractivity (Wildman–Crippen MR) is 117 cm³/mol. The molecule has 0 saturated heterocycles. The Morgan fingerprint density at radius 3 is 2.56 bits per heavy atom. The van der Waals surface area contributed by atoms with Crippen molar-refractivity contribution in [3.63, 3.8) is 0 Å². The summed E-state index contributed by atoms with van der Waals surface area (Å²) in [7, 11) is 0. The molecule has 2 N–H and O–H groups in total. The lowest BCUT2D eigenvalue weighted by molar-refractivity contribution is 0.668. The van der Waals surface area contributed by atoms with Gasteiger partial charge in [0, 0.05) is 18.3 Å². The van der Waals surface area contributed by atoms with Crippen LogP contribution in [0.4, 0.5) is 5.82 Å². The van der Waals surface area contributed by atoms with Crippen molar-refractivity contribution in [1.82, 2.24) is 15.1 Å². The number of rotatable bonds is 6. The van der Waals surface area contributed by atoms with Crippen molar-refractivity contribution in [1.29, 1.82) is 0 Å². The Bertz CT molecular complexity index is 925. The Morgan fingerprint density at radius 1 is 1.04 bits per heavy atom. The number of aromatic nitrogens is 2. The van der Waals surface area contributed by atoms with Gasteiger partial charge in [0.2, 0.25) is 0 Å². The number of hydrogen-bond acceptors (Lipinski definition) is 2. The van der Waals surface area contributed by atoms with E-state index in [4.69, 9.17) is 35.4 Å². The first-order chi connectivity index (χ1) is 13.0. The number of nitrogens with one attached hydrogen (secondary N) is 2. The number of hydrogen-bond donors (Lipinski definition) is 2. The molecule has 2 aromatic carbocycles. The van der Waals surface area contributed by atoms with E-state index in [-0.39, 0.29) is 0 Å². The summed E-state index contributed by atoms with van der Waals surface area (Å²) in [5.41, 5.74) is 3.33. The summed E-state index contributed by atoms with van der Waals surface area (Å²) in [4.78, 5) is 0. The normalized spacial score (nSPS) is 10.6. The van der Waals surface area contributed by atoms with Gasteiger partial charge >= 0.3 is 0 Å². The average molecular weight is 419 g/mol. The molecule has 0 aliphatic rings. The van der Waals surface area contributed by atoms with Crippen LogP contribution in [-0.4, -0.2) is 21.4 Å². The van der Waals surface area contributed by atoms with Gasteiger partial charge in [0.15, 0.2) is 10.9 Å². The first-order valence-electron chi connectivity index (χ1n) is 8.58. The highest BCUT2D eigenvalue weighted by atomic mass is 35.5. The average Bonchev–Trinajstić information content (AvgIpc) is 2.98. The van der Waals surface area contributed by atoms with Crippen molar-refractivity contribution >= 4 is 46.4 Å². The highest BCUT2D eigenvalue weighted by Crippen LogP contribution is 2.23. The number of nitrogens with zero attached hydrogens (tertiary/aromatic N) is 2. The number of halogens is 2. The summed E-state index contributed by atoms with van der Waals surface area (Å²) in [6, 6.07) is 17.8. The minimum atomic E-state index is 0.543. The van der Waals surface area contributed by atoms with Crippen molar-refractivity contribution in [2.24, 2.45) is 0 Å². The van der Waals surface area contributed by atoms with Crippen molar-refractivity contribution < 1.29 is 0 Å². The van der Waals surface area contributed by atoms with Crippen molar-refractivity contribution in [3.05, 3.63) is 81.5 Å². The molecule has 27 heavy (non-hydrogen) atoms. The lowest BCUT2D eigenvalue weighted by atomic mass is 10.1. The fourth-order valence-corrected chi connectivity index (χ4v) is 3.20. The molecule has 0 bridgehead atoms. The molecule has 0 saturated carbocycles. The summed E-state index contributed by atoms with van der Waals surface area (Å²) in [6.07, 6.45) is 0.910. The van der Waals surface area contributed by atoms with E-state index in [1.54, 1.807) is 6.07 Å². The zero-order valence-corrected chi connectivity index (χ0v) is 17.2. The minimum Gasteiger partial charge on any atom is -0.362 e. The van der Waals surface area contributed by atoms with Gasteiger partial charge in [-0.3, -0.25) is 4.68 Å². The summed E-state index contributed by atoms with van der Waals surface area (Å²) in [5.74, 6) is 0.713. The van der Waals surface area contributed by atoms with Crippen LogP contribution in [0.25, 0.3) is 0 Å². The van der Waals surface area contributed by atoms with E-state index in [0.29, 0.717) is 27.5 Å². The molecule has 0 aliphatic carbocycles. The van der Waals surface area contributed by atoms with Gasteiger partial charge in [-0.2, -0.15) is 5.10 Å². The molecule has 4 nitrogen and oxygen atoms in total. The molecule has 3 aromatic rings. The van der Waals surface area contributed by atoms with Gasteiger partial charge in [0.1, 0.15) is 0 Å². The number of anilines is 1. The first kappa shape index (κ1) is 19.7. The van der Waals surface area contributed by atoms with E-state index in [2.05, 4.69) is 27.9 Å². The Morgan fingerprint density at radius 2 is 1.81 bits per heavy atom.